The van der Waals surface area contributed by atoms with Crippen LogP contribution in [0.4, 0.5) is 0 Å². The predicted octanol–water partition coefficient (Wildman–Crippen LogP) is 1.04. The second-order valence-electron chi connectivity index (χ2n) is 1.61. The number of unbranched alkanes of at least 4 members (excludes halogenated alkanes) is 1. The van der Waals surface area contributed by atoms with Gasteiger partial charge in [-0.1, -0.05) is 18.6 Å². The van der Waals surface area contributed by atoms with Gasteiger partial charge in [0.15, 0.2) is 0 Å². The quantitative estimate of drug-likeness (QED) is 0.561. The van der Waals surface area contributed by atoms with Gasteiger partial charge < -0.3 is 0 Å². The van der Waals surface area contributed by atoms with E-state index in [2.05, 4.69) is 11.8 Å². The molecular weight excluding hydrogens is 106 g/mol. The maximum Gasteiger partial charge on any atom is 0.0601 e. The van der Waals surface area contributed by atoms with E-state index in [-0.39, 0.29) is 0 Å². The van der Waals surface area contributed by atoms with Gasteiger partial charge in [0.1, 0.15) is 0 Å². The standard InChI is InChI=1S/C5H13NO2/c1-3-4-5-6(7)8-2/h7H,3-5H2,1-2H3. The molecule has 0 bridgehead atoms. The van der Waals surface area contributed by atoms with Crippen LogP contribution in [0.5, 0.6) is 0 Å². The Balaban J connectivity index is 2.86. The largest absolute Gasteiger partial charge is 0.290 e. The number of hydroxylamine groups is 2. The molecule has 0 aliphatic carbocycles. The second kappa shape index (κ2) is 5.03. The van der Waals surface area contributed by atoms with Crippen molar-refractivity contribution in [2.75, 3.05) is 13.7 Å². The molecule has 0 aromatic rings. The molecule has 0 saturated heterocycles. The zero-order chi connectivity index (χ0) is 6.41. The lowest BCUT2D eigenvalue weighted by Gasteiger charge is -2.08. The maximum absolute atomic E-state index is 8.60. The summed E-state index contributed by atoms with van der Waals surface area (Å²) in [5.74, 6) is 0. The molecular formula is C5H13NO2. The fourth-order valence-electron chi connectivity index (χ4n) is 0.385. The molecule has 0 saturated carbocycles. The average Bonchev–Trinajstić information content (AvgIpc) is 1.83. The molecule has 0 rings (SSSR count). The van der Waals surface area contributed by atoms with Crippen LogP contribution >= 0.6 is 0 Å². The lowest BCUT2D eigenvalue weighted by atomic mass is 10.3. The number of rotatable bonds is 4. The van der Waals surface area contributed by atoms with Crippen LogP contribution in [-0.2, 0) is 4.84 Å². The van der Waals surface area contributed by atoms with Crippen LogP contribution < -0.4 is 0 Å². The minimum atomic E-state index is 0.590. The van der Waals surface area contributed by atoms with Crippen LogP contribution in [0.15, 0.2) is 0 Å². The molecule has 0 aromatic carbocycles. The lowest BCUT2D eigenvalue weighted by Crippen LogP contribution is -2.18. The summed E-state index contributed by atoms with van der Waals surface area (Å²) in [6.45, 7) is 2.65. The summed E-state index contributed by atoms with van der Waals surface area (Å²) in [5, 5.41) is 9.44. The SMILES string of the molecule is CCCCN(O)OC. The summed E-state index contributed by atoms with van der Waals surface area (Å²) >= 11 is 0. The Bertz CT molecular complexity index is 49.7. The number of nitrogens with zero attached hydrogens (tertiary/aromatic N) is 1. The van der Waals surface area contributed by atoms with Gasteiger partial charge >= 0.3 is 0 Å². The van der Waals surface area contributed by atoms with Crippen molar-refractivity contribution in [3.63, 3.8) is 0 Å². The molecule has 3 heteroatoms. The van der Waals surface area contributed by atoms with Crippen molar-refractivity contribution in [1.29, 1.82) is 0 Å². The zero-order valence-corrected chi connectivity index (χ0v) is 5.42. The third-order valence-electron chi connectivity index (χ3n) is 0.914. The van der Waals surface area contributed by atoms with Gasteiger partial charge in [-0.3, -0.25) is 10.0 Å². The van der Waals surface area contributed by atoms with Gasteiger partial charge in [-0.15, -0.1) is 0 Å². The summed E-state index contributed by atoms with van der Waals surface area (Å²) in [6, 6.07) is 0. The maximum atomic E-state index is 8.60. The van der Waals surface area contributed by atoms with Gasteiger partial charge in [-0.25, -0.2) is 0 Å². The van der Waals surface area contributed by atoms with Crippen molar-refractivity contribution in [3.8, 4) is 0 Å². The molecule has 0 fully saturated rings. The Hall–Kier alpha value is -0.120. The van der Waals surface area contributed by atoms with Gasteiger partial charge in [0.25, 0.3) is 0 Å². The van der Waals surface area contributed by atoms with Crippen LogP contribution in [0.3, 0.4) is 0 Å². The first kappa shape index (κ1) is 7.88. The summed E-state index contributed by atoms with van der Waals surface area (Å²) in [4.78, 5) is 4.44. The summed E-state index contributed by atoms with van der Waals surface area (Å²) < 4.78 is 0. The fraction of sp³-hybridized carbons (Fsp3) is 1.00. The average molecular weight is 119 g/mol. The van der Waals surface area contributed by atoms with Gasteiger partial charge in [-0.05, 0) is 6.42 Å². The highest BCUT2D eigenvalue weighted by Crippen LogP contribution is 1.89. The first-order valence-corrected chi connectivity index (χ1v) is 2.81. The molecule has 0 atom stereocenters. The highest BCUT2D eigenvalue weighted by Gasteiger charge is 1.92. The van der Waals surface area contributed by atoms with Crippen molar-refractivity contribution in [2.45, 2.75) is 19.8 Å². The van der Waals surface area contributed by atoms with E-state index < -0.39 is 0 Å². The van der Waals surface area contributed by atoms with Crippen LogP contribution in [0, 0.1) is 0 Å². The van der Waals surface area contributed by atoms with Crippen molar-refractivity contribution >= 4 is 0 Å². The Labute approximate surface area is 49.8 Å². The minimum absolute atomic E-state index is 0.590. The zero-order valence-electron chi connectivity index (χ0n) is 5.42. The molecule has 8 heavy (non-hydrogen) atoms. The highest BCUT2D eigenvalue weighted by atomic mass is 16.9. The number of hydrogen-bond donors (Lipinski definition) is 1. The third kappa shape index (κ3) is 4.05. The van der Waals surface area contributed by atoms with E-state index in [1.54, 1.807) is 0 Å². The summed E-state index contributed by atoms with van der Waals surface area (Å²) in [5.41, 5.74) is 0. The minimum Gasteiger partial charge on any atom is -0.290 e. The summed E-state index contributed by atoms with van der Waals surface area (Å²) in [7, 11) is 1.44. The van der Waals surface area contributed by atoms with E-state index >= 15 is 0 Å². The van der Waals surface area contributed by atoms with Crippen LogP contribution in [0.1, 0.15) is 19.8 Å². The van der Waals surface area contributed by atoms with E-state index in [4.69, 9.17) is 5.21 Å². The number of hydrogen-bond acceptors (Lipinski definition) is 3. The first-order valence-electron chi connectivity index (χ1n) is 2.81. The molecule has 50 valence electrons. The van der Waals surface area contributed by atoms with Crippen molar-refractivity contribution in [3.05, 3.63) is 0 Å². The van der Waals surface area contributed by atoms with E-state index in [0.717, 1.165) is 18.1 Å². The summed E-state index contributed by atoms with van der Waals surface area (Å²) in [6.07, 6.45) is 2.03. The molecule has 0 heterocycles. The molecule has 1 N–H and O–H groups in total. The highest BCUT2D eigenvalue weighted by molar-refractivity contribution is 4.31. The second-order valence-corrected chi connectivity index (χ2v) is 1.61. The van der Waals surface area contributed by atoms with Crippen molar-refractivity contribution in [2.24, 2.45) is 0 Å². The van der Waals surface area contributed by atoms with E-state index in [9.17, 15) is 0 Å². The third-order valence-corrected chi connectivity index (χ3v) is 0.914. The smallest absolute Gasteiger partial charge is 0.0601 e. The molecule has 0 radical (unpaired) electrons. The normalized spacial score (nSPS) is 10.5. The molecule has 0 amide bonds. The van der Waals surface area contributed by atoms with Gasteiger partial charge in [0.2, 0.25) is 0 Å². The molecule has 0 unspecified atom stereocenters. The van der Waals surface area contributed by atoms with E-state index in [1.165, 1.54) is 7.11 Å². The van der Waals surface area contributed by atoms with Crippen LogP contribution in [0.25, 0.3) is 0 Å². The first-order chi connectivity index (χ1) is 3.81. The molecule has 0 aliphatic heterocycles. The van der Waals surface area contributed by atoms with Crippen LogP contribution in [0.2, 0.25) is 0 Å². The molecule has 3 nitrogen and oxygen atoms in total. The van der Waals surface area contributed by atoms with Gasteiger partial charge in [-0.2, -0.15) is 0 Å². The monoisotopic (exact) mass is 119 g/mol. The van der Waals surface area contributed by atoms with Crippen molar-refractivity contribution < 1.29 is 10.0 Å². The Kier molecular flexibility index (Phi) is 4.95. The van der Waals surface area contributed by atoms with E-state index in [1.807, 2.05) is 0 Å². The molecule has 0 aliphatic rings. The Morgan fingerprint density at radius 3 is 2.62 bits per heavy atom. The fourth-order valence-corrected chi connectivity index (χ4v) is 0.385. The Morgan fingerprint density at radius 1 is 1.62 bits per heavy atom. The Morgan fingerprint density at radius 2 is 2.25 bits per heavy atom. The predicted molar refractivity (Wildman–Crippen MR) is 30.4 cm³/mol. The van der Waals surface area contributed by atoms with Crippen molar-refractivity contribution in [1.82, 2.24) is 5.23 Å². The molecule has 0 spiro atoms. The lowest BCUT2D eigenvalue weighted by molar-refractivity contribution is -0.325. The molecule has 0 aromatic heterocycles. The van der Waals surface area contributed by atoms with E-state index in [0.29, 0.717) is 6.54 Å². The van der Waals surface area contributed by atoms with Gasteiger partial charge in [0, 0.05) is 0 Å². The van der Waals surface area contributed by atoms with Crippen LogP contribution in [-0.4, -0.2) is 24.1 Å². The van der Waals surface area contributed by atoms with Gasteiger partial charge in [0.05, 0.1) is 13.7 Å². The topological polar surface area (TPSA) is 32.7 Å².